The summed E-state index contributed by atoms with van der Waals surface area (Å²) in [6.45, 7) is 0.840. The average Bonchev–Trinajstić information content (AvgIpc) is 2.68. The van der Waals surface area contributed by atoms with Crippen molar-refractivity contribution >= 4 is 5.95 Å². The molecule has 0 aliphatic heterocycles. The van der Waals surface area contributed by atoms with E-state index in [1.54, 1.807) is 6.20 Å². The van der Waals surface area contributed by atoms with E-state index in [4.69, 9.17) is 0 Å². The molecule has 2 aromatic heterocycles. The molecule has 0 bridgehead atoms. The summed E-state index contributed by atoms with van der Waals surface area (Å²) in [6, 6.07) is 2.34. The molecule has 3 rings (SSSR count). The van der Waals surface area contributed by atoms with Crippen molar-refractivity contribution in [1.29, 1.82) is 0 Å². The Bertz CT molecular complexity index is 739. The van der Waals surface area contributed by atoms with Crippen LogP contribution in [0.15, 0.2) is 31.0 Å². The summed E-state index contributed by atoms with van der Waals surface area (Å²) < 4.78 is 0. The van der Waals surface area contributed by atoms with E-state index < -0.39 is 0 Å². The van der Waals surface area contributed by atoms with Crippen molar-refractivity contribution in [3.05, 3.63) is 31.0 Å². The van der Waals surface area contributed by atoms with Crippen LogP contribution >= 0.6 is 0 Å². The van der Waals surface area contributed by atoms with E-state index in [2.05, 4.69) is 62.7 Å². The molecule has 136 valence electrons. The van der Waals surface area contributed by atoms with Crippen LogP contribution in [-0.2, 0) is 0 Å². The summed E-state index contributed by atoms with van der Waals surface area (Å²) in [5.41, 5.74) is 1.75. The molecule has 2 heterocycles. The zero-order chi connectivity index (χ0) is 18.4. The highest BCUT2D eigenvalue weighted by atomic mass is 15.2. The summed E-state index contributed by atoms with van der Waals surface area (Å²) in [5, 5.41) is 0. The summed E-state index contributed by atoms with van der Waals surface area (Å²) in [7, 11) is 6.19. The third kappa shape index (κ3) is 4.77. The molecule has 0 radical (unpaired) electrons. The van der Waals surface area contributed by atoms with Gasteiger partial charge in [-0.15, -0.1) is 0 Å². The van der Waals surface area contributed by atoms with Crippen LogP contribution in [0.3, 0.4) is 0 Å². The van der Waals surface area contributed by atoms with Crippen LogP contribution in [0.1, 0.15) is 25.7 Å². The largest absolute Gasteiger partial charge is 0.341 e. The molecule has 1 saturated carbocycles. The van der Waals surface area contributed by atoms with E-state index in [9.17, 15) is 0 Å². The van der Waals surface area contributed by atoms with E-state index in [0.29, 0.717) is 12.0 Å². The number of hydrogen-bond donors (Lipinski definition) is 0. The average molecular weight is 350 g/mol. The Hall–Kier alpha value is -2.52. The maximum absolute atomic E-state index is 4.54. The number of aromatic nitrogens is 4. The van der Waals surface area contributed by atoms with Crippen molar-refractivity contribution in [3.8, 4) is 23.1 Å². The van der Waals surface area contributed by atoms with Gasteiger partial charge in [0.25, 0.3) is 0 Å². The van der Waals surface area contributed by atoms with Crippen LogP contribution in [-0.4, -0.2) is 58.6 Å². The predicted molar refractivity (Wildman–Crippen MR) is 104 cm³/mol. The van der Waals surface area contributed by atoms with E-state index in [1.807, 2.05) is 18.5 Å². The van der Waals surface area contributed by atoms with Gasteiger partial charge in [0.2, 0.25) is 5.95 Å². The first-order chi connectivity index (χ1) is 12.6. The third-order valence-corrected chi connectivity index (χ3v) is 4.78. The molecule has 2 aromatic rings. The molecule has 0 atom stereocenters. The van der Waals surface area contributed by atoms with Crippen molar-refractivity contribution in [2.24, 2.45) is 5.92 Å². The summed E-state index contributed by atoms with van der Waals surface area (Å²) in [5.74, 6) is 8.00. The minimum atomic E-state index is 0.479. The first-order valence-electron chi connectivity index (χ1n) is 9.08. The SMILES string of the molecule is CN(C)CC#CC1CCC(N(C)c2ncc(-c3ccncn3)cn2)CC1. The van der Waals surface area contributed by atoms with Gasteiger partial charge in [-0.25, -0.2) is 19.9 Å². The van der Waals surface area contributed by atoms with Gasteiger partial charge in [0.05, 0.1) is 12.2 Å². The van der Waals surface area contributed by atoms with E-state index in [-0.39, 0.29) is 0 Å². The highest BCUT2D eigenvalue weighted by molar-refractivity contribution is 5.56. The Morgan fingerprint density at radius 3 is 2.38 bits per heavy atom. The Morgan fingerprint density at radius 2 is 1.77 bits per heavy atom. The molecule has 1 aliphatic carbocycles. The topological polar surface area (TPSA) is 58.0 Å². The van der Waals surface area contributed by atoms with Gasteiger partial charge in [-0.3, -0.25) is 4.90 Å². The standard InChI is InChI=1S/C20H26N6/c1-25(2)12-4-5-16-6-8-18(9-7-16)26(3)20-22-13-17(14-23-20)19-10-11-21-15-24-19/h10-11,13-16,18H,6-9,12H2,1-3H3. The fraction of sp³-hybridized carbons (Fsp3) is 0.500. The normalized spacial score (nSPS) is 19.7. The van der Waals surface area contributed by atoms with E-state index >= 15 is 0 Å². The Labute approximate surface area is 155 Å². The fourth-order valence-corrected chi connectivity index (χ4v) is 3.22. The molecule has 0 saturated heterocycles. The highest BCUT2D eigenvalue weighted by Crippen LogP contribution is 2.28. The van der Waals surface area contributed by atoms with Crippen molar-refractivity contribution in [3.63, 3.8) is 0 Å². The van der Waals surface area contributed by atoms with Gasteiger partial charge < -0.3 is 4.90 Å². The number of hydrogen-bond acceptors (Lipinski definition) is 6. The van der Waals surface area contributed by atoms with Gasteiger partial charge in [-0.05, 0) is 45.8 Å². The van der Waals surface area contributed by atoms with Gasteiger partial charge in [0.15, 0.2) is 0 Å². The monoisotopic (exact) mass is 350 g/mol. The molecular formula is C20H26N6. The number of nitrogens with zero attached hydrogens (tertiary/aromatic N) is 6. The van der Waals surface area contributed by atoms with E-state index in [1.165, 1.54) is 6.33 Å². The molecule has 0 N–H and O–H groups in total. The maximum atomic E-state index is 4.54. The predicted octanol–water partition coefficient (Wildman–Crippen LogP) is 2.49. The molecule has 6 heteroatoms. The smallest absolute Gasteiger partial charge is 0.225 e. The van der Waals surface area contributed by atoms with E-state index in [0.717, 1.165) is 49.4 Å². The summed E-state index contributed by atoms with van der Waals surface area (Å²) in [4.78, 5) is 21.6. The van der Waals surface area contributed by atoms with Crippen LogP contribution in [0.5, 0.6) is 0 Å². The van der Waals surface area contributed by atoms with Crippen molar-refractivity contribution < 1.29 is 0 Å². The number of anilines is 1. The minimum Gasteiger partial charge on any atom is -0.341 e. The first-order valence-corrected chi connectivity index (χ1v) is 9.08. The molecule has 26 heavy (non-hydrogen) atoms. The molecule has 1 fully saturated rings. The second-order valence-electron chi connectivity index (χ2n) is 7.04. The third-order valence-electron chi connectivity index (χ3n) is 4.78. The van der Waals surface area contributed by atoms with Crippen LogP contribution in [0, 0.1) is 17.8 Å². The molecule has 6 nitrogen and oxygen atoms in total. The van der Waals surface area contributed by atoms with Gasteiger partial charge >= 0.3 is 0 Å². The minimum absolute atomic E-state index is 0.479. The van der Waals surface area contributed by atoms with Gasteiger partial charge in [0.1, 0.15) is 6.33 Å². The van der Waals surface area contributed by atoms with Crippen LogP contribution in [0.25, 0.3) is 11.3 Å². The molecular weight excluding hydrogens is 324 g/mol. The maximum Gasteiger partial charge on any atom is 0.225 e. The zero-order valence-electron chi connectivity index (χ0n) is 15.8. The molecule has 1 aliphatic rings. The van der Waals surface area contributed by atoms with Gasteiger partial charge in [-0.1, -0.05) is 11.8 Å². The Morgan fingerprint density at radius 1 is 1.04 bits per heavy atom. The van der Waals surface area contributed by atoms with Crippen molar-refractivity contribution in [2.75, 3.05) is 32.6 Å². The van der Waals surface area contributed by atoms with Gasteiger partial charge in [-0.2, -0.15) is 0 Å². The first kappa shape index (κ1) is 18.3. The lowest BCUT2D eigenvalue weighted by Gasteiger charge is -2.33. The molecule has 0 aromatic carbocycles. The fourth-order valence-electron chi connectivity index (χ4n) is 3.22. The van der Waals surface area contributed by atoms with Crippen LogP contribution < -0.4 is 4.90 Å². The van der Waals surface area contributed by atoms with Crippen LogP contribution in [0.2, 0.25) is 0 Å². The lowest BCUT2D eigenvalue weighted by molar-refractivity contribution is 0.371. The number of rotatable bonds is 4. The van der Waals surface area contributed by atoms with Crippen molar-refractivity contribution in [1.82, 2.24) is 24.8 Å². The molecule has 0 unspecified atom stereocenters. The summed E-state index contributed by atoms with van der Waals surface area (Å²) in [6.07, 6.45) is 11.5. The molecule has 0 amide bonds. The zero-order valence-corrected chi connectivity index (χ0v) is 15.8. The molecule has 0 spiro atoms. The highest BCUT2D eigenvalue weighted by Gasteiger charge is 2.24. The second kappa shape index (κ2) is 8.72. The van der Waals surface area contributed by atoms with Gasteiger partial charge in [0, 0.05) is 43.2 Å². The Kier molecular flexibility index (Phi) is 6.13. The summed E-state index contributed by atoms with van der Waals surface area (Å²) >= 11 is 0. The Balaban J connectivity index is 1.56. The quantitative estimate of drug-likeness (QED) is 0.790. The lowest BCUT2D eigenvalue weighted by atomic mass is 9.86. The lowest BCUT2D eigenvalue weighted by Crippen LogP contribution is -2.36. The van der Waals surface area contributed by atoms with Crippen molar-refractivity contribution in [2.45, 2.75) is 31.7 Å². The van der Waals surface area contributed by atoms with Crippen LogP contribution in [0.4, 0.5) is 5.95 Å². The second-order valence-corrected chi connectivity index (χ2v) is 7.04.